The fourth-order valence-corrected chi connectivity index (χ4v) is 4.99. The number of nitriles is 1. The van der Waals surface area contributed by atoms with Gasteiger partial charge in [0.05, 0.1) is 55.2 Å². The quantitative estimate of drug-likeness (QED) is 0.329. The molecular weight excluding hydrogens is 484 g/mol. The number of hydrogen-bond acceptors (Lipinski definition) is 7. The summed E-state index contributed by atoms with van der Waals surface area (Å²) in [5.74, 6) is -1.17. The number of nitrogens with one attached hydrogen (secondary N) is 1. The maximum atomic E-state index is 13.8. The molecule has 38 heavy (non-hydrogen) atoms. The van der Waals surface area contributed by atoms with Gasteiger partial charge in [0.2, 0.25) is 5.91 Å². The molecule has 1 saturated carbocycles. The number of amides is 1. The first-order chi connectivity index (χ1) is 18.0. The highest BCUT2D eigenvalue weighted by Crippen LogP contribution is 2.45. The van der Waals surface area contributed by atoms with Crippen molar-refractivity contribution in [1.29, 1.82) is 5.26 Å². The molecule has 0 radical (unpaired) electrons. The third kappa shape index (κ3) is 10.1. The molecule has 0 spiro atoms. The number of benzene rings is 1. The van der Waals surface area contributed by atoms with Crippen LogP contribution < -0.4 is 5.32 Å². The van der Waals surface area contributed by atoms with Crippen LogP contribution in [0, 0.1) is 22.7 Å². The highest BCUT2D eigenvalue weighted by atomic mass is 16.6. The summed E-state index contributed by atoms with van der Waals surface area (Å²) in [6.45, 7) is 9.99. The van der Waals surface area contributed by atoms with Crippen molar-refractivity contribution in [2.75, 3.05) is 13.2 Å². The summed E-state index contributed by atoms with van der Waals surface area (Å²) in [6, 6.07) is 8.59. The average molecular weight is 529 g/mol. The standard InChI is InChI=1S/C30H44N2O6/c1-6-10-24(27(34)38-29(3,4)5)18-30(15-8-9-16-30)28(35)32-25(17-26(33)37-7-2)21-36-20-23-13-11-22(19-31)12-14-23/h11-14,24-25H,6-10,15-18,20-21H2,1-5H3,(H,32,35)/t24-,25-/m1/s1. The van der Waals surface area contributed by atoms with Gasteiger partial charge < -0.3 is 19.5 Å². The number of esters is 2. The Morgan fingerprint density at radius 1 is 1.11 bits per heavy atom. The van der Waals surface area contributed by atoms with Gasteiger partial charge in [0.25, 0.3) is 0 Å². The maximum Gasteiger partial charge on any atom is 0.309 e. The lowest BCUT2D eigenvalue weighted by Gasteiger charge is -2.34. The predicted octanol–water partition coefficient (Wildman–Crippen LogP) is 5.22. The van der Waals surface area contributed by atoms with E-state index in [9.17, 15) is 14.4 Å². The van der Waals surface area contributed by atoms with Crippen LogP contribution in [0.3, 0.4) is 0 Å². The molecule has 1 amide bonds. The maximum absolute atomic E-state index is 13.8. The minimum absolute atomic E-state index is 0.00646. The lowest BCUT2D eigenvalue weighted by molar-refractivity contribution is -0.162. The summed E-state index contributed by atoms with van der Waals surface area (Å²) >= 11 is 0. The Labute approximate surface area is 227 Å². The van der Waals surface area contributed by atoms with Crippen molar-refractivity contribution in [2.45, 2.75) is 104 Å². The van der Waals surface area contributed by atoms with E-state index in [2.05, 4.69) is 11.4 Å². The second-order valence-electron chi connectivity index (χ2n) is 11.2. The zero-order valence-electron chi connectivity index (χ0n) is 23.6. The smallest absolute Gasteiger partial charge is 0.309 e. The van der Waals surface area contributed by atoms with Gasteiger partial charge in [-0.05, 0) is 71.1 Å². The molecule has 1 aliphatic rings. The van der Waals surface area contributed by atoms with E-state index in [-0.39, 0.29) is 44.0 Å². The SMILES string of the molecule is CCC[C@H](CC1(C(=O)N[C@@H](COCc2ccc(C#N)cc2)CC(=O)OCC)CCCC1)C(=O)OC(C)(C)C. The molecule has 0 aliphatic heterocycles. The number of rotatable bonds is 14. The van der Waals surface area contributed by atoms with Crippen LogP contribution in [0.2, 0.25) is 0 Å². The highest BCUT2D eigenvalue weighted by Gasteiger charge is 2.45. The summed E-state index contributed by atoms with van der Waals surface area (Å²) in [7, 11) is 0. The minimum atomic E-state index is -0.684. The van der Waals surface area contributed by atoms with Gasteiger partial charge in [0.1, 0.15) is 5.60 Å². The summed E-state index contributed by atoms with van der Waals surface area (Å²) in [5, 5.41) is 12.0. The van der Waals surface area contributed by atoms with E-state index in [0.29, 0.717) is 31.2 Å². The second kappa shape index (κ2) is 14.9. The van der Waals surface area contributed by atoms with Gasteiger partial charge in [0, 0.05) is 0 Å². The van der Waals surface area contributed by atoms with Crippen LogP contribution in [-0.2, 0) is 35.2 Å². The van der Waals surface area contributed by atoms with Crippen LogP contribution in [0.4, 0.5) is 0 Å². The van der Waals surface area contributed by atoms with E-state index in [1.54, 1.807) is 19.1 Å². The van der Waals surface area contributed by atoms with Crippen LogP contribution in [0.25, 0.3) is 0 Å². The fourth-order valence-electron chi connectivity index (χ4n) is 4.99. The van der Waals surface area contributed by atoms with Crippen LogP contribution in [-0.4, -0.2) is 42.7 Å². The molecule has 8 nitrogen and oxygen atoms in total. The first kappa shape index (κ1) is 31.3. The zero-order valence-corrected chi connectivity index (χ0v) is 23.6. The molecule has 0 saturated heterocycles. The summed E-state index contributed by atoms with van der Waals surface area (Å²) in [4.78, 5) is 39.1. The van der Waals surface area contributed by atoms with Crippen molar-refractivity contribution < 1.29 is 28.6 Å². The van der Waals surface area contributed by atoms with Crippen molar-refractivity contribution in [2.24, 2.45) is 11.3 Å². The molecule has 210 valence electrons. The van der Waals surface area contributed by atoms with E-state index in [1.807, 2.05) is 39.8 Å². The molecule has 8 heteroatoms. The zero-order chi connectivity index (χ0) is 28.2. The molecule has 1 aromatic rings. The van der Waals surface area contributed by atoms with Crippen molar-refractivity contribution in [1.82, 2.24) is 5.32 Å². The van der Waals surface area contributed by atoms with E-state index in [4.69, 9.17) is 19.5 Å². The molecule has 0 heterocycles. The Bertz CT molecular complexity index is 954. The van der Waals surface area contributed by atoms with Crippen LogP contribution in [0.1, 0.15) is 97.1 Å². The number of carbonyl (C=O) groups excluding carboxylic acids is 3. The van der Waals surface area contributed by atoms with E-state index >= 15 is 0 Å². The first-order valence-electron chi connectivity index (χ1n) is 13.8. The van der Waals surface area contributed by atoms with E-state index in [1.165, 1.54) is 0 Å². The van der Waals surface area contributed by atoms with Gasteiger partial charge >= 0.3 is 11.9 Å². The molecule has 1 aromatic carbocycles. The lowest BCUT2D eigenvalue weighted by atomic mass is 9.75. The Morgan fingerprint density at radius 3 is 2.32 bits per heavy atom. The Balaban J connectivity index is 2.13. The van der Waals surface area contributed by atoms with Gasteiger partial charge in [-0.25, -0.2) is 0 Å². The normalized spacial score (nSPS) is 16.2. The molecule has 0 unspecified atom stereocenters. The summed E-state index contributed by atoms with van der Waals surface area (Å²) in [6.07, 6.45) is 5.12. The lowest BCUT2D eigenvalue weighted by Crippen LogP contribution is -2.48. The molecular formula is C30H44N2O6. The Kier molecular flexibility index (Phi) is 12.2. The third-order valence-corrected chi connectivity index (χ3v) is 6.78. The van der Waals surface area contributed by atoms with Crippen LogP contribution >= 0.6 is 0 Å². The number of carbonyl (C=O) groups is 3. The van der Waals surface area contributed by atoms with Crippen LogP contribution in [0.15, 0.2) is 24.3 Å². The number of hydrogen-bond donors (Lipinski definition) is 1. The molecule has 1 aliphatic carbocycles. The van der Waals surface area contributed by atoms with Crippen molar-refractivity contribution >= 4 is 17.8 Å². The monoisotopic (exact) mass is 528 g/mol. The molecule has 1 fully saturated rings. The van der Waals surface area contributed by atoms with Crippen molar-refractivity contribution in [3.05, 3.63) is 35.4 Å². The number of nitrogens with zero attached hydrogens (tertiary/aromatic N) is 1. The summed E-state index contributed by atoms with van der Waals surface area (Å²) in [5.41, 5.74) is 0.176. The Morgan fingerprint density at radius 2 is 1.76 bits per heavy atom. The first-order valence-corrected chi connectivity index (χ1v) is 13.8. The van der Waals surface area contributed by atoms with Gasteiger partial charge in [-0.15, -0.1) is 0 Å². The molecule has 0 aromatic heterocycles. The predicted molar refractivity (Wildman–Crippen MR) is 144 cm³/mol. The van der Waals surface area contributed by atoms with E-state index < -0.39 is 23.0 Å². The summed E-state index contributed by atoms with van der Waals surface area (Å²) < 4.78 is 16.7. The fraction of sp³-hybridized carbons (Fsp3) is 0.667. The second-order valence-corrected chi connectivity index (χ2v) is 11.2. The van der Waals surface area contributed by atoms with Gasteiger partial charge in [0.15, 0.2) is 0 Å². The third-order valence-electron chi connectivity index (χ3n) is 6.78. The highest BCUT2D eigenvalue weighted by molar-refractivity contribution is 5.85. The average Bonchev–Trinajstić information content (AvgIpc) is 3.33. The van der Waals surface area contributed by atoms with E-state index in [0.717, 1.165) is 24.8 Å². The Hall–Kier alpha value is -2.92. The van der Waals surface area contributed by atoms with Gasteiger partial charge in [-0.1, -0.05) is 38.3 Å². The molecule has 0 bridgehead atoms. The van der Waals surface area contributed by atoms with Gasteiger partial charge in [-0.3, -0.25) is 14.4 Å². The van der Waals surface area contributed by atoms with Crippen molar-refractivity contribution in [3.63, 3.8) is 0 Å². The molecule has 1 N–H and O–H groups in total. The van der Waals surface area contributed by atoms with Crippen LogP contribution in [0.5, 0.6) is 0 Å². The van der Waals surface area contributed by atoms with Gasteiger partial charge in [-0.2, -0.15) is 5.26 Å². The molecule has 2 rings (SSSR count). The minimum Gasteiger partial charge on any atom is -0.466 e. The topological polar surface area (TPSA) is 115 Å². The largest absolute Gasteiger partial charge is 0.466 e. The van der Waals surface area contributed by atoms with Crippen molar-refractivity contribution in [3.8, 4) is 6.07 Å². The molecule has 2 atom stereocenters. The number of ether oxygens (including phenoxy) is 3.